The number of aryl methyl sites for hydroxylation is 1. The largest absolute Gasteiger partial charge is 0.336 e. The van der Waals surface area contributed by atoms with E-state index in [4.69, 9.17) is 5.26 Å². The van der Waals surface area contributed by atoms with Crippen molar-refractivity contribution in [2.75, 3.05) is 0 Å². The molecule has 5 heteroatoms. The van der Waals surface area contributed by atoms with Gasteiger partial charge in [0.25, 0.3) is 5.91 Å². The Hall–Kier alpha value is -1.41. The van der Waals surface area contributed by atoms with E-state index in [-0.39, 0.29) is 5.91 Å². The summed E-state index contributed by atoms with van der Waals surface area (Å²) in [7, 11) is 0. The van der Waals surface area contributed by atoms with Crippen LogP contribution in [0.5, 0.6) is 0 Å². The highest BCUT2D eigenvalue weighted by molar-refractivity contribution is 7.13. The third-order valence-corrected chi connectivity index (χ3v) is 2.30. The number of rotatable bonds is 2. The fraction of sp³-hybridized carbons (Fsp3) is 0.375. The Labute approximate surface area is 80.2 Å². The third-order valence-electron chi connectivity index (χ3n) is 1.39. The summed E-state index contributed by atoms with van der Waals surface area (Å²) in [5.41, 5.74) is 0. The molecule has 0 aromatic carbocycles. The number of aromatic nitrogens is 1. The molecule has 0 unspecified atom stereocenters. The van der Waals surface area contributed by atoms with Crippen molar-refractivity contribution < 1.29 is 4.79 Å². The zero-order valence-electron chi connectivity index (χ0n) is 7.37. The fourth-order valence-corrected chi connectivity index (χ4v) is 1.45. The summed E-state index contributed by atoms with van der Waals surface area (Å²) >= 11 is 1.32. The monoisotopic (exact) mass is 195 g/mol. The fourth-order valence-electron chi connectivity index (χ4n) is 0.766. The van der Waals surface area contributed by atoms with E-state index in [0.29, 0.717) is 4.88 Å². The molecule has 0 aliphatic rings. The minimum Gasteiger partial charge on any atom is -0.336 e. The number of carbonyl (C=O) groups excluding carboxylic acids is 1. The normalized spacial score (nSPS) is 11.8. The van der Waals surface area contributed by atoms with Crippen molar-refractivity contribution in [3.8, 4) is 6.07 Å². The molecule has 4 nitrogen and oxygen atoms in total. The Morgan fingerprint density at radius 2 is 2.54 bits per heavy atom. The SMILES string of the molecule is Cc1ncc(C(=O)N[C@@H](C)C#N)s1. The summed E-state index contributed by atoms with van der Waals surface area (Å²) in [5, 5.41) is 11.8. The summed E-state index contributed by atoms with van der Waals surface area (Å²) < 4.78 is 0. The van der Waals surface area contributed by atoms with Crippen LogP contribution in [0.4, 0.5) is 0 Å². The zero-order valence-corrected chi connectivity index (χ0v) is 8.18. The molecule has 1 amide bonds. The molecule has 1 heterocycles. The highest BCUT2D eigenvalue weighted by atomic mass is 32.1. The van der Waals surface area contributed by atoms with E-state index in [0.717, 1.165) is 5.01 Å². The van der Waals surface area contributed by atoms with Crippen LogP contribution in [0.1, 0.15) is 21.6 Å². The van der Waals surface area contributed by atoms with Crippen LogP contribution in [0.2, 0.25) is 0 Å². The minimum atomic E-state index is -0.463. The van der Waals surface area contributed by atoms with Crippen LogP contribution in [0.25, 0.3) is 0 Å². The Morgan fingerprint density at radius 3 is 3.00 bits per heavy atom. The molecule has 0 radical (unpaired) electrons. The van der Waals surface area contributed by atoms with Gasteiger partial charge in [0, 0.05) is 0 Å². The number of nitrogens with zero attached hydrogens (tertiary/aromatic N) is 2. The molecule has 0 spiro atoms. The van der Waals surface area contributed by atoms with Gasteiger partial charge in [-0.15, -0.1) is 11.3 Å². The molecule has 1 N–H and O–H groups in total. The van der Waals surface area contributed by atoms with E-state index in [1.54, 1.807) is 6.92 Å². The van der Waals surface area contributed by atoms with Crippen molar-refractivity contribution in [2.45, 2.75) is 19.9 Å². The van der Waals surface area contributed by atoms with E-state index in [1.165, 1.54) is 17.5 Å². The molecule has 0 saturated carbocycles. The summed E-state index contributed by atoms with van der Waals surface area (Å²) in [6, 6.07) is 1.46. The van der Waals surface area contributed by atoms with Gasteiger partial charge in [-0.3, -0.25) is 4.79 Å². The number of hydrogen-bond acceptors (Lipinski definition) is 4. The maximum atomic E-state index is 11.3. The Bertz CT molecular complexity index is 353. The second kappa shape index (κ2) is 4.01. The first-order valence-corrected chi connectivity index (χ1v) is 4.58. The van der Waals surface area contributed by atoms with Gasteiger partial charge < -0.3 is 5.32 Å². The molecule has 0 aliphatic heterocycles. The summed E-state index contributed by atoms with van der Waals surface area (Å²) in [4.78, 5) is 15.8. The van der Waals surface area contributed by atoms with Crippen LogP contribution in [0.3, 0.4) is 0 Å². The molecule has 1 atom stereocenters. The predicted octanol–water partition coefficient (Wildman–Crippen LogP) is 1.09. The molecule has 0 saturated heterocycles. The van der Waals surface area contributed by atoms with Gasteiger partial charge in [0.1, 0.15) is 10.9 Å². The molecule has 1 aromatic rings. The Balaban J connectivity index is 2.65. The highest BCUT2D eigenvalue weighted by Gasteiger charge is 2.10. The lowest BCUT2D eigenvalue weighted by molar-refractivity contribution is 0.0951. The smallest absolute Gasteiger partial charge is 0.264 e. The first-order valence-electron chi connectivity index (χ1n) is 3.76. The van der Waals surface area contributed by atoms with Gasteiger partial charge >= 0.3 is 0 Å². The van der Waals surface area contributed by atoms with Crippen molar-refractivity contribution in [1.29, 1.82) is 5.26 Å². The lowest BCUT2D eigenvalue weighted by Crippen LogP contribution is -2.30. The van der Waals surface area contributed by atoms with Crippen LogP contribution in [0.15, 0.2) is 6.20 Å². The van der Waals surface area contributed by atoms with Gasteiger partial charge in [0.05, 0.1) is 17.3 Å². The summed E-state index contributed by atoms with van der Waals surface area (Å²) in [6.45, 7) is 3.46. The first-order chi connectivity index (χ1) is 6.13. The van der Waals surface area contributed by atoms with Crippen molar-refractivity contribution >= 4 is 17.2 Å². The highest BCUT2D eigenvalue weighted by Crippen LogP contribution is 2.10. The van der Waals surface area contributed by atoms with E-state index < -0.39 is 6.04 Å². The second-order valence-electron chi connectivity index (χ2n) is 2.57. The third kappa shape index (κ3) is 2.53. The van der Waals surface area contributed by atoms with Crippen LogP contribution < -0.4 is 5.32 Å². The number of nitrogens with one attached hydrogen (secondary N) is 1. The Morgan fingerprint density at radius 1 is 1.85 bits per heavy atom. The lowest BCUT2D eigenvalue weighted by Gasteiger charge is -2.02. The average molecular weight is 195 g/mol. The van der Waals surface area contributed by atoms with Gasteiger partial charge in [0.2, 0.25) is 0 Å². The molecule has 1 aromatic heterocycles. The number of thiazole rings is 1. The average Bonchev–Trinajstić information content (AvgIpc) is 2.51. The maximum Gasteiger partial charge on any atom is 0.264 e. The molecule has 0 bridgehead atoms. The van der Waals surface area contributed by atoms with Crippen molar-refractivity contribution in [2.24, 2.45) is 0 Å². The number of nitriles is 1. The number of hydrogen-bond donors (Lipinski definition) is 1. The van der Waals surface area contributed by atoms with Gasteiger partial charge in [0.15, 0.2) is 0 Å². The van der Waals surface area contributed by atoms with Crippen LogP contribution in [0, 0.1) is 18.3 Å². The molecular weight excluding hydrogens is 186 g/mol. The van der Waals surface area contributed by atoms with Crippen molar-refractivity contribution in [3.05, 3.63) is 16.1 Å². The van der Waals surface area contributed by atoms with E-state index in [9.17, 15) is 4.79 Å². The van der Waals surface area contributed by atoms with Crippen molar-refractivity contribution in [3.63, 3.8) is 0 Å². The molecule has 0 aliphatic carbocycles. The molecular formula is C8H9N3OS. The van der Waals surface area contributed by atoms with Crippen LogP contribution in [-0.2, 0) is 0 Å². The molecule has 13 heavy (non-hydrogen) atoms. The summed E-state index contributed by atoms with van der Waals surface area (Å²) in [6.07, 6.45) is 1.51. The van der Waals surface area contributed by atoms with Crippen LogP contribution in [-0.4, -0.2) is 16.9 Å². The van der Waals surface area contributed by atoms with E-state index in [2.05, 4.69) is 10.3 Å². The van der Waals surface area contributed by atoms with Gasteiger partial charge in [-0.1, -0.05) is 0 Å². The van der Waals surface area contributed by atoms with E-state index >= 15 is 0 Å². The van der Waals surface area contributed by atoms with Crippen LogP contribution >= 0.6 is 11.3 Å². The second-order valence-corrected chi connectivity index (χ2v) is 3.80. The lowest BCUT2D eigenvalue weighted by atomic mass is 10.3. The molecule has 68 valence electrons. The van der Waals surface area contributed by atoms with Crippen molar-refractivity contribution in [1.82, 2.24) is 10.3 Å². The number of carbonyl (C=O) groups is 1. The number of amides is 1. The topological polar surface area (TPSA) is 65.8 Å². The van der Waals surface area contributed by atoms with E-state index in [1.807, 2.05) is 13.0 Å². The standard InChI is InChI=1S/C8H9N3OS/c1-5(3-9)11-8(12)7-4-10-6(2)13-7/h4-5H,1-2H3,(H,11,12)/t5-/m0/s1. The minimum absolute atomic E-state index is 0.236. The zero-order chi connectivity index (χ0) is 9.84. The predicted molar refractivity (Wildman–Crippen MR) is 49.4 cm³/mol. The van der Waals surface area contributed by atoms with Gasteiger partial charge in [-0.05, 0) is 13.8 Å². The van der Waals surface area contributed by atoms with Gasteiger partial charge in [-0.25, -0.2) is 4.98 Å². The molecule has 0 fully saturated rings. The Kier molecular flexibility index (Phi) is 2.98. The summed E-state index contributed by atoms with van der Waals surface area (Å²) in [5.74, 6) is -0.236. The van der Waals surface area contributed by atoms with Gasteiger partial charge in [-0.2, -0.15) is 5.26 Å². The maximum absolute atomic E-state index is 11.3. The first kappa shape index (κ1) is 9.68. The quantitative estimate of drug-likeness (QED) is 0.768. The molecule has 1 rings (SSSR count).